The lowest BCUT2D eigenvalue weighted by atomic mass is 9.93. The molecule has 1 aliphatic carbocycles. The standard InChI is InChI=1S/C11H16F3NO2/c1-10(11(12,13)14)9(16)15(7-17-10)8-5-3-2-4-6-8/h8H,2-7H2,1H3/t10-/m1/s1. The molecule has 0 N–H and O–H groups in total. The van der Waals surface area contributed by atoms with Crippen LogP contribution in [0.25, 0.3) is 0 Å². The van der Waals surface area contributed by atoms with Gasteiger partial charge in [0.2, 0.25) is 5.60 Å². The summed E-state index contributed by atoms with van der Waals surface area (Å²) in [6, 6.07) is -0.0829. The van der Waals surface area contributed by atoms with Crippen molar-refractivity contribution in [2.24, 2.45) is 0 Å². The Morgan fingerprint density at radius 1 is 1.29 bits per heavy atom. The fourth-order valence-corrected chi connectivity index (χ4v) is 2.46. The van der Waals surface area contributed by atoms with Gasteiger partial charge >= 0.3 is 6.18 Å². The summed E-state index contributed by atoms with van der Waals surface area (Å²) in [6.07, 6.45) is -0.0517. The number of nitrogens with zero attached hydrogens (tertiary/aromatic N) is 1. The summed E-state index contributed by atoms with van der Waals surface area (Å²) in [4.78, 5) is 13.1. The van der Waals surface area contributed by atoms with Gasteiger partial charge in [-0.1, -0.05) is 19.3 Å². The van der Waals surface area contributed by atoms with E-state index < -0.39 is 17.7 Å². The highest BCUT2D eigenvalue weighted by Crippen LogP contribution is 2.40. The minimum Gasteiger partial charge on any atom is -0.336 e. The van der Waals surface area contributed by atoms with E-state index in [-0.39, 0.29) is 12.8 Å². The van der Waals surface area contributed by atoms with Gasteiger partial charge in [0.25, 0.3) is 5.91 Å². The Hall–Kier alpha value is -0.780. The van der Waals surface area contributed by atoms with Crippen LogP contribution in [-0.2, 0) is 9.53 Å². The van der Waals surface area contributed by atoms with Gasteiger partial charge in [-0.2, -0.15) is 13.2 Å². The maximum Gasteiger partial charge on any atom is 0.426 e. The lowest BCUT2D eigenvalue weighted by Gasteiger charge is -2.31. The quantitative estimate of drug-likeness (QED) is 0.716. The molecule has 0 bridgehead atoms. The van der Waals surface area contributed by atoms with Crippen LogP contribution in [0.4, 0.5) is 13.2 Å². The van der Waals surface area contributed by atoms with Gasteiger partial charge < -0.3 is 9.64 Å². The van der Waals surface area contributed by atoms with Crippen LogP contribution in [0.5, 0.6) is 0 Å². The molecule has 1 amide bonds. The molecule has 0 unspecified atom stereocenters. The average Bonchev–Trinajstić information content (AvgIpc) is 2.58. The number of hydrogen-bond donors (Lipinski definition) is 0. The van der Waals surface area contributed by atoms with Crippen molar-refractivity contribution in [3.8, 4) is 0 Å². The van der Waals surface area contributed by atoms with Crippen molar-refractivity contribution < 1.29 is 22.7 Å². The van der Waals surface area contributed by atoms with Crippen LogP contribution in [0.1, 0.15) is 39.0 Å². The second-order valence-corrected chi connectivity index (χ2v) is 4.87. The molecule has 0 spiro atoms. The summed E-state index contributed by atoms with van der Waals surface area (Å²) in [5.41, 5.74) is -2.65. The summed E-state index contributed by atoms with van der Waals surface area (Å²) < 4.78 is 43.0. The molecule has 1 atom stereocenters. The highest BCUT2D eigenvalue weighted by Gasteiger charge is 2.63. The molecular weight excluding hydrogens is 235 g/mol. The van der Waals surface area contributed by atoms with Crippen molar-refractivity contribution in [1.29, 1.82) is 0 Å². The summed E-state index contributed by atoms with van der Waals surface area (Å²) in [7, 11) is 0. The molecule has 17 heavy (non-hydrogen) atoms. The van der Waals surface area contributed by atoms with Crippen molar-refractivity contribution in [3.05, 3.63) is 0 Å². The molecule has 2 aliphatic rings. The lowest BCUT2D eigenvalue weighted by molar-refractivity contribution is -0.246. The van der Waals surface area contributed by atoms with E-state index in [4.69, 9.17) is 4.74 Å². The number of ether oxygens (including phenoxy) is 1. The van der Waals surface area contributed by atoms with E-state index >= 15 is 0 Å². The first kappa shape index (κ1) is 12.7. The largest absolute Gasteiger partial charge is 0.426 e. The van der Waals surface area contributed by atoms with Gasteiger partial charge in [-0.05, 0) is 19.8 Å². The molecule has 98 valence electrons. The van der Waals surface area contributed by atoms with Crippen LogP contribution in [-0.4, -0.2) is 35.4 Å². The molecule has 0 aromatic carbocycles. The summed E-state index contributed by atoms with van der Waals surface area (Å²) >= 11 is 0. The van der Waals surface area contributed by atoms with Crippen LogP contribution in [0.3, 0.4) is 0 Å². The van der Waals surface area contributed by atoms with Crippen molar-refractivity contribution >= 4 is 5.91 Å². The number of rotatable bonds is 1. The molecule has 0 aromatic rings. The zero-order valence-corrected chi connectivity index (χ0v) is 9.72. The summed E-state index contributed by atoms with van der Waals surface area (Å²) in [5.74, 6) is -0.933. The third-order valence-electron chi connectivity index (χ3n) is 3.72. The zero-order chi connectivity index (χ0) is 12.7. The predicted octanol–water partition coefficient (Wildman–Crippen LogP) is 2.46. The second kappa shape index (κ2) is 4.15. The third kappa shape index (κ3) is 2.03. The van der Waals surface area contributed by atoms with Crippen LogP contribution >= 0.6 is 0 Å². The van der Waals surface area contributed by atoms with Gasteiger partial charge in [0, 0.05) is 6.04 Å². The molecule has 2 rings (SSSR count). The number of halogens is 3. The van der Waals surface area contributed by atoms with E-state index in [0.29, 0.717) is 0 Å². The monoisotopic (exact) mass is 251 g/mol. The topological polar surface area (TPSA) is 29.5 Å². The maximum atomic E-state index is 12.8. The fraction of sp³-hybridized carbons (Fsp3) is 0.909. The SMILES string of the molecule is C[C@@]1(C(F)(F)F)OCN(C2CCCCC2)C1=O. The molecule has 1 saturated heterocycles. The molecule has 1 saturated carbocycles. The Bertz CT molecular complexity index is 312. The van der Waals surface area contributed by atoms with Crippen LogP contribution in [0, 0.1) is 0 Å². The van der Waals surface area contributed by atoms with E-state index in [9.17, 15) is 18.0 Å². The highest BCUT2D eigenvalue weighted by molar-refractivity contribution is 5.87. The van der Waals surface area contributed by atoms with Crippen LogP contribution in [0.2, 0.25) is 0 Å². The van der Waals surface area contributed by atoms with E-state index in [1.807, 2.05) is 0 Å². The van der Waals surface area contributed by atoms with Gasteiger partial charge in [0.15, 0.2) is 0 Å². The van der Waals surface area contributed by atoms with Gasteiger partial charge in [-0.15, -0.1) is 0 Å². The first-order valence-corrected chi connectivity index (χ1v) is 5.88. The maximum absolute atomic E-state index is 12.8. The van der Waals surface area contributed by atoms with E-state index in [0.717, 1.165) is 39.0 Å². The van der Waals surface area contributed by atoms with Crippen molar-refractivity contribution in [3.63, 3.8) is 0 Å². The molecule has 3 nitrogen and oxygen atoms in total. The lowest BCUT2D eigenvalue weighted by Crippen LogP contribution is -2.52. The molecule has 1 heterocycles. The van der Waals surface area contributed by atoms with Gasteiger partial charge in [-0.25, -0.2) is 0 Å². The number of alkyl halides is 3. The molecule has 0 radical (unpaired) electrons. The zero-order valence-electron chi connectivity index (χ0n) is 9.72. The van der Waals surface area contributed by atoms with E-state index in [1.54, 1.807) is 0 Å². The van der Waals surface area contributed by atoms with E-state index in [1.165, 1.54) is 4.90 Å². The van der Waals surface area contributed by atoms with Crippen molar-refractivity contribution in [2.75, 3.05) is 6.73 Å². The summed E-state index contributed by atoms with van der Waals surface area (Å²) in [5, 5.41) is 0. The Kier molecular flexibility index (Phi) is 3.10. The Labute approximate surface area is 97.9 Å². The minimum absolute atomic E-state index is 0.0829. The molecule has 6 heteroatoms. The van der Waals surface area contributed by atoms with Crippen molar-refractivity contribution in [2.45, 2.75) is 56.8 Å². The first-order valence-electron chi connectivity index (χ1n) is 5.88. The third-order valence-corrected chi connectivity index (χ3v) is 3.72. The Morgan fingerprint density at radius 3 is 2.35 bits per heavy atom. The Morgan fingerprint density at radius 2 is 1.88 bits per heavy atom. The molecule has 2 fully saturated rings. The number of carbonyl (C=O) groups is 1. The number of hydrogen-bond acceptors (Lipinski definition) is 2. The highest BCUT2D eigenvalue weighted by atomic mass is 19.4. The molecule has 0 aromatic heterocycles. The number of carbonyl (C=O) groups excluding carboxylic acids is 1. The smallest absolute Gasteiger partial charge is 0.336 e. The summed E-state index contributed by atoms with van der Waals surface area (Å²) in [6.45, 7) is 0.581. The van der Waals surface area contributed by atoms with E-state index in [2.05, 4.69) is 0 Å². The second-order valence-electron chi connectivity index (χ2n) is 4.87. The average molecular weight is 251 g/mol. The first-order chi connectivity index (χ1) is 7.86. The van der Waals surface area contributed by atoms with Crippen molar-refractivity contribution in [1.82, 2.24) is 4.90 Å². The van der Waals surface area contributed by atoms with Gasteiger partial charge in [0.05, 0.1) is 0 Å². The normalized spacial score (nSPS) is 32.2. The molecule has 1 aliphatic heterocycles. The number of amides is 1. The van der Waals surface area contributed by atoms with Gasteiger partial charge in [-0.3, -0.25) is 4.79 Å². The predicted molar refractivity (Wildman–Crippen MR) is 54.1 cm³/mol. The molecular formula is C11H16F3NO2. The van der Waals surface area contributed by atoms with Crippen LogP contribution < -0.4 is 0 Å². The van der Waals surface area contributed by atoms with Gasteiger partial charge in [0.1, 0.15) is 6.73 Å². The fourth-order valence-electron chi connectivity index (χ4n) is 2.46. The Balaban J connectivity index is 2.12. The minimum atomic E-state index is -4.65. The van der Waals surface area contributed by atoms with Crippen LogP contribution in [0.15, 0.2) is 0 Å².